The predicted molar refractivity (Wildman–Crippen MR) is 83.0 cm³/mol. The Morgan fingerprint density at radius 2 is 1.95 bits per heavy atom. The van der Waals surface area contributed by atoms with E-state index in [4.69, 9.17) is 11.6 Å². The van der Waals surface area contributed by atoms with Gasteiger partial charge in [0, 0.05) is 34.1 Å². The van der Waals surface area contributed by atoms with Crippen molar-refractivity contribution in [2.45, 2.75) is 6.92 Å². The van der Waals surface area contributed by atoms with Crippen molar-refractivity contribution in [2.75, 3.05) is 5.32 Å². The lowest BCUT2D eigenvalue weighted by molar-refractivity contribution is -0.114. The molecule has 1 aromatic heterocycles. The third-order valence-corrected chi connectivity index (χ3v) is 3.35. The lowest BCUT2D eigenvalue weighted by Crippen LogP contribution is -2.06. The van der Waals surface area contributed by atoms with Crippen molar-refractivity contribution in [3.05, 3.63) is 53.6 Å². The number of amides is 1. The van der Waals surface area contributed by atoms with Crippen LogP contribution in [-0.4, -0.2) is 10.9 Å². The average Bonchev–Trinajstić information content (AvgIpc) is 2.81. The van der Waals surface area contributed by atoms with Crippen LogP contribution in [0.3, 0.4) is 0 Å². The molecular weight excluding hydrogens is 272 g/mol. The first-order chi connectivity index (χ1) is 9.63. The number of rotatable bonds is 2. The first-order valence-corrected chi connectivity index (χ1v) is 6.66. The van der Waals surface area contributed by atoms with Crippen LogP contribution in [-0.2, 0) is 4.79 Å². The third-order valence-electron chi connectivity index (χ3n) is 3.11. The molecule has 20 heavy (non-hydrogen) atoms. The Balaban J connectivity index is 2.13. The summed E-state index contributed by atoms with van der Waals surface area (Å²) in [6.07, 6.45) is 0. The molecule has 4 heteroatoms. The van der Waals surface area contributed by atoms with E-state index in [1.165, 1.54) is 6.92 Å². The molecule has 0 unspecified atom stereocenters. The number of fused-ring (bicyclic) bond motifs is 1. The molecule has 0 aliphatic rings. The highest BCUT2D eigenvalue weighted by atomic mass is 35.5. The summed E-state index contributed by atoms with van der Waals surface area (Å²) in [7, 11) is 0. The largest absolute Gasteiger partial charge is 0.354 e. The number of carbonyl (C=O) groups excluding carboxylic acids is 1. The Morgan fingerprint density at radius 1 is 1.15 bits per heavy atom. The van der Waals surface area contributed by atoms with E-state index in [-0.39, 0.29) is 5.91 Å². The van der Waals surface area contributed by atoms with Crippen LogP contribution in [0.15, 0.2) is 48.5 Å². The maximum Gasteiger partial charge on any atom is 0.221 e. The molecule has 0 atom stereocenters. The van der Waals surface area contributed by atoms with Crippen molar-refractivity contribution in [1.29, 1.82) is 0 Å². The Morgan fingerprint density at radius 3 is 2.75 bits per heavy atom. The summed E-state index contributed by atoms with van der Waals surface area (Å²) in [5.41, 5.74) is 3.71. The number of halogens is 1. The van der Waals surface area contributed by atoms with Gasteiger partial charge in [-0.2, -0.15) is 0 Å². The van der Waals surface area contributed by atoms with E-state index < -0.39 is 0 Å². The van der Waals surface area contributed by atoms with E-state index >= 15 is 0 Å². The standard InChI is InChI=1S/C16H13ClN2O/c1-10(20)18-15-5-3-2-4-13(15)16-9-11-8-12(17)6-7-14(11)19-16/h2-9,19H,1H3,(H,18,20). The van der Waals surface area contributed by atoms with Crippen LogP contribution in [0.5, 0.6) is 0 Å². The van der Waals surface area contributed by atoms with Gasteiger partial charge in [0.05, 0.1) is 5.69 Å². The Labute approximate surface area is 121 Å². The van der Waals surface area contributed by atoms with Crippen LogP contribution in [0, 0.1) is 0 Å². The number of aromatic amines is 1. The maximum absolute atomic E-state index is 11.3. The van der Waals surface area contributed by atoms with Gasteiger partial charge < -0.3 is 10.3 Å². The van der Waals surface area contributed by atoms with Crippen molar-refractivity contribution in [3.8, 4) is 11.3 Å². The minimum absolute atomic E-state index is 0.0865. The molecule has 0 saturated carbocycles. The first kappa shape index (κ1) is 12.8. The highest BCUT2D eigenvalue weighted by Crippen LogP contribution is 2.30. The van der Waals surface area contributed by atoms with Gasteiger partial charge in [-0.1, -0.05) is 29.8 Å². The average molecular weight is 285 g/mol. The lowest BCUT2D eigenvalue weighted by atomic mass is 10.1. The van der Waals surface area contributed by atoms with E-state index in [1.54, 1.807) is 0 Å². The molecule has 2 aromatic carbocycles. The molecule has 0 spiro atoms. The zero-order chi connectivity index (χ0) is 14.1. The van der Waals surface area contributed by atoms with Gasteiger partial charge in [0.1, 0.15) is 0 Å². The van der Waals surface area contributed by atoms with Gasteiger partial charge in [-0.3, -0.25) is 4.79 Å². The number of H-pyrrole nitrogens is 1. The fourth-order valence-electron chi connectivity index (χ4n) is 2.27. The molecule has 0 saturated heterocycles. The zero-order valence-electron chi connectivity index (χ0n) is 10.9. The van der Waals surface area contributed by atoms with Gasteiger partial charge in [0.25, 0.3) is 0 Å². The molecule has 3 aromatic rings. The molecule has 0 aliphatic heterocycles. The summed E-state index contributed by atoms with van der Waals surface area (Å²) < 4.78 is 0. The van der Waals surface area contributed by atoms with Crippen LogP contribution >= 0.6 is 11.6 Å². The van der Waals surface area contributed by atoms with Crippen molar-refractivity contribution in [1.82, 2.24) is 4.98 Å². The second-order valence-electron chi connectivity index (χ2n) is 4.64. The van der Waals surface area contributed by atoms with Gasteiger partial charge >= 0.3 is 0 Å². The van der Waals surface area contributed by atoms with Crippen LogP contribution < -0.4 is 5.32 Å². The van der Waals surface area contributed by atoms with E-state index in [0.29, 0.717) is 5.02 Å². The summed E-state index contributed by atoms with van der Waals surface area (Å²) in [6.45, 7) is 1.50. The number of hydrogen-bond donors (Lipinski definition) is 2. The monoisotopic (exact) mass is 284 g/mol. The van der Waals surface area contributed by atoms with E-state index in [1.807, 2.05) is 48.5 Å². The van der Waals surface area contributed by atoms with Gasteiger partial charge in [0.2, 0.25) is 5.91 Å². The van der Waals surface area contributed by atoms with Crippen LogP contribution in [0.1, 0.15) is 6.92 Å². The molecule has 0 radical (unpaired) electrons. The molecule has 0 aliphatic carbocycles. The smallest absolute Gasteiger partial charge is 0.221 e. The molecule has 0 bridgehead atoms. The molecule has 0 fully saturated rings. The molecule has 3 rings (SSSR count). The number of benzene rings is 2. The number of hydrogen-bond acceptors (Lipinski definition) is 1. The van der Waals surface area contributed by atoms with Crippen LogP contribution in [0.2, 0.25) is 5.02 Å². The second-order valence-corrected chi connectivity index (χ2v) is 5.08. The van der Waals surface area contributed by atoms with E-state index in [9.17, 15) is 4.79 Å². The minimum Gasteiger partial charge on any atom is -0.354 e. The fourth-order valence-corrected chi connectivity index (χ4v) is 2.45. The summed E-state index contributed by atoms with van der Waals surface area (Å²) in [5.74, 6) is -0.0865. The highest BCUT2D eigenvalue weighted by molar-refractivity contribution is 6.31. The number of nitrogens with one attached hydrogen (secondary N) is 2. The van der Waals surface area contributed by atoms with Crippen LogP contribution in [0.4, 0.5) is 5.69 Å². The van der Waals surface area contributed by atoms with Gasteiger partial charge in [-0.15, -0.1) is 0 Å². The number of aromatic nitrogens is 1. The van der Waals surface area contributed by atoms with Gasteiger partial charge in [-0.05, 0) is 30.3 Å². The van der Waals surface area contributed by atoms with Crippen LogP contribution in [0.25, 0.3) is 22.2 Å². The topological polar surface area (TPSA) is 44.9 Å². The second kappa shape index (κ2) is 5.02. The molecule has 100 valence electrons. The Hall–Kier alpha value is -2.26. The molecular formula is C16H13ClN2O. The Kier molecular flexibility index (Phi) is 3.20. The number of anilines is 1. The van der Waals surface area contributed by atoms with Crippen molar-refractivity contribution >= 4 is 34.1 Å². The summed E-state index contributed by atoms with van der Waals surface area (Å²) in [5, 5.41) is 4.60. The first-order valence-electron chi connectivity index (χ1n) is 6.29. The normalized spacial score (nSPS) is 10.7. The molecule has 1 heterocycles. The lowest BCUT2D eigenvalue weighted by Gasteiger charge is -2.07. The molecule has 1 amide bonds. The SMILES string of the molecule is CC(=O)Nc1ccccc1-c1cc2cc(Cl)ccc2[nH]1. The third kappa shape index (κ3) is 2.40. The van der Waals surface area contributed by atoms with Crippen molar-refractivity contribution < 1.29 is 4.79 Å². The van der Waals surface area contributed by atoms with Crippen molar-refractivity contribution in [2.24, 2.45) is 0 Å². The predicted octanol–water partition coefficient (Wildman–Crippen LogP) is 4.45. The van der Waals surface area contributed by atoms with Crippen molar-refractivity contribution in [3.63, 3.8) is 0 Å². The van der Waals surface area contributed by atoms with E-state index in [0.717, 1.165) is 27.8 Å². The van der Waals surface area contributed by atoms with E-state index in [2.05, 4.69) is 10.3 Å². The summed E-state index contributed by atoms with van der Waals surface area (Å²) >= 11 is 6.00. The summed E-state index contributed by atoms with van der Waals surface area (Å²) in [4.78, 5) is 14.6. The highest BCUT2D eigenvalue weighted by Gasteiger charge is 2.09. The summed E-state index contributed by atoms with van der Waals surface area (Å²) in [6, 6.07) is 15.4. The van der Waals surface area contributed by atoms with Gasteiger partial charge in [0.15, 0.2) is 0 Å². The molecule has 2 N–H and O–H groups in total. The maximum atomic E-state index is 11.3. The minimum atomic E-state index is -0.0865. The molecule has 3 nitrogen and oxygen atoms in total. The fraction of sp³-hybridized carbons (Fsp3) is 0.0625. The zero-order valence-corrected chi connectivity index (χ0v) is 11.7. The number of carbonyl (C=O) groups is 1. The van der Waals surface area contributed by atoms with Gasteiger partial charge in [-0.25, -0.2) is 0 Å². The quantitative estimate of drug-likeness (QED) is 0.717. The Bertz CT molecular complexity index is 792. The number of para-hydroxylation sites is 1.